The average molecular weight is 499 g/mol. The predicted octanol–water partition coefficient (Wildman–Crippen LogP) is 11.1. The SMILES string of the molecule is CCCCCCCCCC1=C(c2cccc(CCCC)c2)[N+](=[N-])C(c2cccc(CC)c2)=C1CCCC. The van der Waals surface area contributed by atoms with Crippen molar-refractivity contribution in [2.24, 2.45) is 0 Å². The zero-order valence-corrected chi connectivity index (χ0v) is 24.1. The Hall–Kier alpha value is -2.48. The zero-order chi connectivity index (χ0) is 26.5. The minimum Gasteiger partial charge on any atom is -0.493 e. The first kappa shape index (κ1) is 29.1. The molecule has 0 atom stereocenters. The molecule has 2 heteroatoms. The van der Waals surface area contributed by atoms with Crippen molar-refractivity contribution in [3.8, 4) is 0 Å². The van der Waals surface area contributed by atoms with Crippen molar-refractivity contribution < 1.29 is 4.70 Å². The van der Waals surface area contributed by atoms with E-state index >= 15 is 0 Å². The lowest BCUT2D eigenvalue weighted by Crippen LogP contribution is -2.03. The van der Waals surface area contributed by atoms with E-state index < -0.39 is 0 Å². The van der Waals surface area contributed by atoms with Crippen molar-refractivity contribution >= 4 is 11.4 Å². The maximum absolute atomic E-state index is 11.8. The van der Waals surface area contributed by atoms with E-state index in [1.807, 2.05) is 0 Å². The first-order valence-electron chi connectivity index (χ1n) is 15.3. The molecule has 0 radical (unpaired) electrons. The highest BCUT2D eigenvalue weighted by Crippen LogP contribution is 2.44. The van der Waals surface area contributed by atoms with Crippen LogP contribution in [0.2, 0.25) is 0 Å². The average Bonchev–Trinajstić information content (AvgIpc) is 3.20. The van der Waals surface area contributed by atoms with Gasteiger partial charge in [0, 0.05) is 22.3 Å². The molecule has 1 aliphatic rings. The fourth-order valence-corrected chi connectivity index (χ4v) is 5.59. The van der Waals surface area contributed by atoms with Crippen LogP contribution in [0.4, 0.5) is 0 Å². The summed E-state index contributed by atoms with van der Waals surface area (Å²) in [5.41, 5.74) is 21.6. The minimum absolute atomic E-state index is 1.00. The molecule has 0 saturated carbocycles. The van der Waals surface area contributed by atoms with Gasteiger partial charge >= 0.3 is 0 Å². The fraction of sp³-hybridized carbons (Fsp3) is 0.543. The summed E-state index contributed by atoms with van der Waals surface area (Å²) in [6, 6.07) is 17.7. The molecule has 1 aliphatic heterocycles. The highest BCUT2D eigenvalue weighted by molar-refractivity contribution is 5.82. The normalized spacial score (nSPS) is 13.8. The topological polar surface area (TPSA) is 25.3 Å². The van der Waals surface area contributed by atoms with Gasteiger partial charge in [-0.3, -0.25) is 0 Å². The summed E-state index contributed by atoms with van der Waals surface area (Å²) in [5, 5.41) is 0. The molecule has 200 valence electrons. The van der Waals surface area contributed by atoms with Crippen LogP contribution in [-0.2, 0) is 12.8 Å². The van der Waals surface area contributed by atoms with Crippen LogP contribution in [-0.4, -0.2) is 4.70 Å². The molecule has 2 aromatic carbocycles. The lowest BCUT2D eigenvalue weighted by molar-refractivity contribution is -0.345. The van der Waals surface area contributed by atoms with Gasteiger partial charge in [-0.15, -0.1) is 0 Å². The fourth-order valence-electron chi connectivity index (χ4n) is 5.59. The molecule has 0 fully saturated rings. The van der Waals surface area contributed by atoms with E-state index in [2.05, 4.69) is 76.2 Å². The Bertz CT molecular complexity index is 1070. The second-order valence-corrected chi connectivity index (χ2v) is 10.8. The third-order valence-corrected chi connectivity index (χ3v) is 7.80. The first-order chi connectivity index (χ1) is 18.1. The quantitative estimate of drug-likeness (QED) is 0.153. The molecule has 0 spiro atoms. The number of benzene rings is 2. The van der Waals surface area contributed by atoms with Crippen molar-refractivity contribution in [2.45, 2.75) is 124 Å². The number of nitrogens with zero attached hydrogens (tertiary/aromatic N) is 2. The molecule has 0 bridgehead atoms. The number of unbranched alkanes of at least 4 members (excludes halogenated alkanes) is 8. The van der Waals surface area contributed by atoms with E-state index in [0.29, 0.717) is 0 Å². The van der Waals surface area contributed by atoms with Crippen molar-refractivity contribution in [3.05, 3.63) is 87.5 Å². The second kappa shape index (κ2) is 15.7. The molecule has 0 aliphatic carbocycles. The zero-order valence-electron chi connectivity index (χ0n) is 24.1. The van der Waals surface area contributed by atoms with Crippen LogP contribution in [0, 0.1) is 0 Å². The van der Waals surface area contributed by atoms with E-state index in [-0.39, 0.29) is 0 Å². The molecule has 0 N–H and O–H groups in total. The number of aryl methyl sites for hydroxylation is 2. The maximum Gasteiger partial charge on any atom is 0.211 e. The number of rotatable bonds is 17. The Balaban J connectivity index is 2.00. The van der Waals surface area contributed by atoms with E-state index in [0.717, 1.165) is 61.0 Å². The van der Waals surface area contributed by atoms with Crippen LogP contribution < -0.4 is 0 Å². The molecule has 0 amide bonds. The monoisotopic (exact) mass is 498 g/mol. The van der Waals surface area contributed by atoms with Gasteiger partial charge < -0.3 is 5.53 Å². The molecule has 37 heavy (non-hydrogen) atoms. The van der Waals surface area contributed by atoms with Gasteiger partial charge in [0.2, 0.25) is 11.4 Å². The van der Waals surface area contributed by atoms with E-state index in [9.17, 15) is 5.53 Å². The van der Waals surface area contributed by atoms with Gasteiger partial charge in [0.05, 0.1) is 0 Å². The Morgan fingerprint density at radius 1 is 0.541 bits per heavy atom. The first-order valence-corrected chi connectivity index (χ1v) is 15.3. The lowest BCUT2D eigenvalue weighted by Gasteiger charge is -2.11. The van der Waals surface area contributed by atoms with Crippen molar-refractivity contribution in [3.63, 3.8) is 0 Å². The maximum atomic E-state index is 11.8. The van der Waals surface area contributed by atoms with Gasteiger partial charge in [0.25, 0.3) is 0 Å². The van der Waals surface area contributed by atoms with E-state index in [4.69, 9.17) is 0 Å². The predicted molar refractivity (Wildman–Crippen MR) is 160 cm³/mol. The largest absolute Gasteiger partial charge is 0.493 e. The van der Waals surface area contributed by atoms with Gasteiger partial charge in [-0.05, 0) is 80.3 Å². The molecule has 0 aromatic heterocycles. The number of hydrogen-bond acceptors (Lipinski definition) is 0. The molecule has 2 aromatic rings. The molecule has 3 rings (SSSR count). The van der Waals surface area contributed by atoms with Crippen LogP contribution in [0.3, 0.4) is 0 Å². The van der Waals surface area contributed by atoms with Crippen LogP contribution in [0.25, 0.3) is 16.9 Å². The number of allylic oxidation sites excluding steroid dienone is 2. The van der Waals surface area contributed by atoms with E-state index in [1.54, 1.807) is 4.70 Å². The standard InChI is InChI=1S/C35H50N2/c1-5-9-12-13-14-15-16-25-33-32(24-11-7-3)34(30-22-17-20-28(8-4)26-30)37(36)35(33)31-23-18-21-29(27-31)19-10-6-2/h17-18,20-23,26-27H,5-16,19,24-25H2,1-4H3. The summed E-state index contributed by atoms with van der Waals surface area (Å²) in [6.07, 6.45) is 18.0. The van der Waals surface area contributed by atoms with Crippen LogP contribution in [0.5, 0.6) is 0 Å². The lowest BCUT2D eigenvalue weighted by atomic mass is 9.91. The van der Waals surface area contributed by atoms with Gasteiger partial charge in [-0.25, -0.2) is 4.70 Å². The van der Waals surface area contributed by atoms with E-state index in [1.165, 1.54) is 80.1 Å². The molecular weight excluding hydrogens is 448 g/mol. The second-order valence-electron chi connectivity index (χ2n) is 10.8. The molecule has 0 saturated heterocycles. The molecule has 2 nitrogen and oxygen atoms in total. The summed E-state index contributed by atoms with van der Waals surface area (Å²) in [5.74, 6) is 0. The minimum atomic E-state index is 1.00. The van der Waals surface area contributed by atoms with Crippen LogP contribution in [0.15, 0.2) is 59.7 Å². The summed E-state index contributed by atoms with van der Waals surface area (Å²) in [6.45, 7) is 9.00. The molecule has 1 heterocycles. The summed E-state index contributed by atoms with van der Waals surface area (Å²) < 4.78 is 1.55. The highest BCUT2D eigenvalue weighted by atomic mass is 15.2. The highest BCUT2D eigenvalue weighted by Gasteiger charge is 2.35. The third-order valence-electron chi connectivity index (χ3n) is 7.80. The summed E-state index contributed by atoms with van der Waals surface area (Å²) in [4.78, 5) is 0. The molecule has 0 unspecified atom stereocenters. The van der Waals surface area contributed by atoms with Gasteiger partial charge in [0.15, 0.2) is 0 Å². The summed E-state index contributed by atoms with van der Waals surface area (Å²) in [7, 11) is 0. The van der Waals surface area contributed by atoms with Crippen LogP contribution in [0.1, 0.15) is 133 Å². The van der Waals surface area contributed by atoms with Gasteiger partial charge in [0.1, 0.15) is 0 Å². The van der Waals surface area contributed by atoms with Crippen molar-refractivity contribution in [1.29, 1.82) is 0 Å². The number of hydrogen-bond donors (Lipinski definition) is 0. The Kier molecular flexibility index (Phi) is 12.3. The van der Waals surface area contributed by atoms with Crippen molar-refractivity contribution in [2.75, 3.05) is 0 Å². The molecular formula is C35H50N2. The third kappa shape index (κ3) is 8.00. The Labute approximate surface area is 227 Å². The van der Waals surface area contributed by atoms with Crippen LogP contribution >= 0.6 is 0 Å². The summed E-state index contributed by atoms with van der Waals surface area (Å²) >= 11 is 0. The van der Waals surface area contributed by atoms with Crippen molar-refractivity contribution in [1.82, 2.24) is 0 Å². The Morgan fingerprint density at radius 3 is 1.62 bits per heavy atom. The Morgan fingerprint density at radius 2 is 1.03 bits per heavy atom. The smallest absolute Gasteiger partial charge is 0.211 e. The van der Waals surface area contributed by atoms with Gasteiger partial charge in [-0.2, -0.15) is 0 Å². The van der Waals surface area contributed by atoms with Gasteiger partial charge in [-0.1, -0.05) is 103 Å².